The molecule has 0 saturated carbocycles. The quantitative estimate of drug-likeness (QED) is 0.758. The molecule has 0 aromatic rings. The van der Waals surface area contributed by atoms with Crippen LogP contribution in [0.3, 0.4) is 0 Å². The van der Waals surface area contributed by atoms with Gasteiger partial charge in [-0.05, 0) is 19.4 Å². The van der Waals surface area contributed by atoms with E-state index in [0.717, 1.165) is 0 Å². The van der Waals surface area contributed by atoms with Gasteiger partial charge in [0.05, 0.1) is 0 Å². The molecule has 0 radical (unpaired) electrons. The largest absolute Gasteiger partial charge is 0.480 e. The molecule has 82 valence electrons. The van der Waals surface area contributed by atoms with Crippen LogP contribution in [-0.2, 0) is 4.79 Å². The van der Waals surface area contributed by atoms with Gasteiger partial charge in [-0.15, -0.1) is 0 Å². The van der Waals surface area contributed by atoms with Crippen LogP contribution in [0.15, 0.2) is 0 Å². The van der Waals surface area contributed by atoms with Crippen molar-refractivity contribution in [3.63, 3.8) is 0 Å². The molecular weight excluding hydrogens is 192 g/mol. The van der Waals surface area contributed by atoms with Crippen molar-refractivity contribution >= 4 is 5.97 Å². The minimum absolute atomic E-state index is 0.211. The Bertz CT molecular complexity index is 211. The molecule has 0 aliphatic carbocycles. The summed E-state index contributed by atoms with van der Waals surface area (Å²) in [6.45, 7) is 2.44. The number of halogens is 2. The Morgan fingerprint density at radius 2 is 2.29 bits per heavy atom. The smallest absolute Gasteiger partial charge is 0.320 e. The topological polar surface area (TPSA) is 40.5 Å². The lowest BCUT2D eigenvalue weighted by Crippen LogP contribution is -2.39. The molecule has 1 aliphatic rings. The summed E-state index contributed by atoms with van der Waals surface area (Å²) in [7, 11) is 0. The molecule has 1 N–H and O–H groups in total. The van der Waals surface area contributed by atoms with Crippen LogP contribution in [0, 0.1) is 5.92 Å². The van der Waals surface area contributed by atoms with Crippen LogP contribution in [0.2, 0.25) is 0 Å². The number of hydrogen-bond acceptors (Lipinski definition) is 2. The minimum Gasteiger partial charge on any atom is -0.480 e. The number of nitrogens with zero attached hydrogens (tertiary/aromatic N) is 1. The molecule has 5 heteroatoms. The maximum atomic E-state index is 12.3. The Kier molecular flexibility index (Phi) is 3.80. The first-order valence-corrected chi connectivity index (χ1v) is 4.81. The van der Waals surface area contributed by atoms with Gasteiger partial charge in [0.25, 0.3) is 0 Å². The predicted octanol–water partition coefficient (Wildman–Crippen LogP) is 1.44. The van der Waals surface area contributed by atoms with E-state index in [1.807, 2.05) is 0 Å². The summed E-state index contributed by atoms with van der Waals surface area (Å²) in [5, 5.41) is 8.83. The second kappa shape index (κ2) is 4.68. The average molecular weight is 207 g/mol. The standard InChI is InChI=1S/C9H15F2NO2/c1-2-7(9(13)14)12-4-3-6(5-12)8(10)11/h6-8H,2-5H2,1H3,(H,13,14)/t6-,7-/m0/s1. The molecule has 3 nitrogen and oxygen atoms in total. The lowest BCUT2D eigenvalue weighted by atomic mass is 10.1. The molecule has 0 bridgehead atoms. The molecule has 0 spiro atoms. The predicted molar refractivity (Wildman–Crippen MR) is 47.4 cm³/mol. The van der Waals surface area contributed by atoms with Crippen LogP contribution in [0.4, 0.5) is 8.78 Å². The van der Waals surface area contributed by atoms with E-state index in [2.05, 4.69) is 0 Å². The van der Waals surface area contributed by atoms with E-state index in [1.54, 1.807) is 11.8 Å². The van der Waals surface area contributed by atoms with Crippen molar-refractivity contribution < 1.29 is 18.7 Å². The molecule has 2 atom stereocenters. The summed E-state index contributed by atoms with van der Waals surface area (Å²) in [6, 6.07) is -0.598. The van der Waals surface area contributed by atoms with Gasteiger partial charge in [0.1, 0.15) is 6.04 Å². The number of carbonyl (C=O) groups is 1. The fourth-order valence-electron chi connectivity index (χ4n) is 1.89. The summed E-state index contributed by atoms with van der Waals surface area (Å²) in [6.07, 6.45) is -1.46. The van der Waals surface area contributed by atoms with Crippen molar-refractivity contribution in [2.45, 2.75) is 32.2 Å². The van der Waals surface area contributed by atoms with Crippen molar-refractivity contribution in [2.24, 2.45) is 5.92 Å². The maximum absolute atomic E-state index is 12.3. The highest BCUT2D eigenvalue weighted by atomic mass is 19.3. The Balaban J connectivity index is 2.51. The number of carboxylic acids is 1. The highest BCUT2D eigenvalue weighted by molar-refractivity contribution is 5.73. The highest BCUT2D eigenvalue weighted by Gasteiger charge is 2.34. The SMILES string of the molecule is CC[C@@H](C(=O)O)N1CC[C@H](C(F)F)C1. The van der Waals surface area contributed by atoms with Crippen molar-refractivity contribution in [3.05, 3.63) is 0 Å². The second-order valence-electron chi connectivity index (χ2n) is 3.64. The Labute approximate surface area is 81.7 Å². The molecule has 14 heavy (non-hydrogen) atoms. The van der Waals surface area contributed by atoms with Crippen LogP contribution in [0.25, 0.3) is 0 Å². The van der Waals surface area contributed by atoms with Gasteiger partial charge in [-0.3, -0.25) is 9.69 Å². The zero-order valence-corrected chi connectivity index (χ0v) is 8.12. The van der Waals surface area contributed by atoms with Gasteiger partial charge in [-0.2, -0.15) is 0 Å². The maximum Gasteiger partial charge on any atom is 0.320 e. The molecule has 1 fully saturated rings. The van der Waals surface area contributed by atoms with Gasteiger partial charge in [0.2, 0.25) is 6.43 Å². The van der Waals surface area contributed by atoms with E-state index in [4.69, 9.17) is 5.11 Å². The summed E-state index contributed by atoms with van der Waals surface area (Å²) in [5.74, 6) is -1.56. The normalized spacial score (nSPS) is 25.6. The van der Waals surface area contributed by atoms with E-state index in [0.29, 0.717) is 19.4 Å². The van der Waals surface area contributed by atoms with Crippen molar-refractivity contribution in [1.29, 1.82) is 0 Å². The number of rotatable bonds is 4. The lowest BCUT2D eigenvalue weighted by Gasteiger charge is -2.22. The van der Waals surface area contributed by atoms with Gasteiger partial charge in [-0.1, -0.05) is 6.92 Å². The first-order valence-electron chi connectivity index (χ1n) is 4.81. The first-order chi connectivity index (χ1) is 6.56. The van der Waals surface area contributed by atoms with E-state index < -0.39 is 24.4 Å². The van der Waals surface area contributed by atoms with Crippen LogP contribution >= 0.6 is 0 Å². The third-order valence-electron chi connectivity index (χ3n) is 2.73. The Hall–Kier alpha value is -0.710. The van der Waals surface area contributed by atoms with E-state index in [1.165, 1.54) is 0 Å². The van der Waals surface area contributed by atoms with Gasteiger partial charge in [0, 0.05) is 12.5 Å². The Morgan fingerprint density at radius 3 is 2.64 bits per heavy atom. The van der Waals surface area contributed by atoms with Crippen molar-refractivity contribution in [3.8, 4) is 0 Å². The highest BCUT2D eigenvalue weighted by Crippen LogP contribution is 2.25. The summed E-state index contributed by atoms with van der Waals surface area (Å²) in [4.78, 5) is 12.4. The van der Waals surface area contributed by atoms with E-state index in [9.17, 15) is 13.6 Å². The zero-order valence-electron chi connectivity index (χ0n) is 8.12. The first kappa shape index (κ1) is 11.4. The third kappa shape index (κ3) is 2.41. The number of likely N-dealkylation sites (tertiary alicyclic amines) is 1. The van der Waals surface area contributed by atoms with Crippen LogP contribution in [-0.4, -0.2) is 41.5 Å². The number of alkyl halides is 2. The van der Waals surface area contributed by atoms with Gasteiger partial charge in [0.15, 0.2) is 0 Å². The van der Waals surface area contributed by atoms with Crippen LogP contribution < -0.4 is 0 Å². The zero-order chi connectivity index (χ0) is 10.7. The summed E-state index contributed by atoms with van der Waals surface area (Å²) in [5.41, 5.74) is 0. The fraction of sp³-hybridized carbons (Fsp3) is 0.889. The van der Waals surface area contributed by atoms with E-state index >= 15 is 0 Å². The molecule has 0 aromatic carbocycles. The minimum atomic E-state index is -2.33. The molecule has 1 aliphatic heterocycles. The van der Waals surface area contributed by atoms with Gasteiger partial charge in [-0.25, -0.2) is 8.78 Å². The Morgan fingerprint density at radius 1 is 1.64 bits per heavy atom. The summed E-state index contributed by atoms with van der Waals surface area (Å²) >= 11 is 0. The summed E-state index contributed by atoms with van der Waals surface area (Å²) < 4.78 is 24.6. The monoisotopic (exact) mass is 207 g/mol. The third-order valence-corrected chi connectivity index (χ3v) is 2.73. The van der Waals surface area contributed by atoms with Crippen LogP contribution in [0.5, 0.6) is 0 Å². The molecule has 0 amide bonds. The van der Waals surface area contributed by atoms with E-state index in [-0.39, 0.29) is 6.54 Å². The number of aliphatic carboxylic acids is 1. The average Bonchev–Trinajstić information content (AvgIpc) is 2.53. The lowest BCUT2D eigenvalue weighted by molar-refractivity contribution is -0.143. The van der Waals surface area contributed by atoms with Crippen LogP contribution in [0.1, 0.15) is 19.8 Å². The second-order valence-corrected chi connectivity index (χ2v) is 3.64. The molecule has 1 saturated heterocycles. The molecular formula is C9H15F2NO2. The molecule has 1 heterocycles. The van der Waals surface area contributed by atoms with Crippen molar-refractivity contribution in [1.82, 2.24) is 4.90 Å². The molecule has 0 aromatic heterocycles. The van der Waals surface area contributed by atoms with Gasteiger partial charge >= 0.3 is 5.97 Å². The van der Waals surface area contributed by atoms with Gasteiger partial charge < -0.3 is 5.11 Å². The molecule has 1 rings (SSSR count). The molecule has 0 unspecified atom stereocenters. The number of carboxylic acid groups (broad SMARTS) is 1. The van der Waals surface area contributed by atoms with Crippen molar-refractivity contribution in [2.75, 3.05) is 13.1 Å². The fourth-order valence-corrected chi connectivity index (χ4v) is 1.89. The number of hydrogen-bond donors (Lipinski definition) is 1.